The van der Waals surface area contributed by atoms with Crippen molar-refractivity contribution in [2.45, 2.75) is 51.5 Å². The molecule has 0 aromatic rings. The van der Waals surface area contributed by atoms with Crippen molar-refractivity contribution in [2.75, 3.05) is 19.4 Å². The fourth-order valence-corrected chi connectivity index (χ4v) is 4.03. The predicted octanol–water partition coefficient (Wildman–Crippen LogP) is 2.08. The number of carbonyl (C=O) groups excluding carboxylic acids is 2. The number of thioether (sulfide) groups is 1. The summed E-state index contributed by atoms with van der Waals surface area (Å²) in [6.07, 6.45) is 3.20. The van der Waals surface area contributed by atoms with E-state index in [2.05, 4.69) is 0 Å². The highest BCUT2D eigenvalue weighted by molar-refractivity contribution is 7.99. The fourth-order valence-electron chi connectivity index (χ4n) is 3.11. The Morgan fingerprint density at radius 2 is 2.04 bits per heavy atom. The van der Waals surface area contributed by atoms with Crippen LogP contribution in [0.4, 0.5) is 0 Å². The van der Waals surface area contributed by atoms with Crippen LogP contribution < -0.4 is 0 Å². The quantitative estimate of drug-likeness (QED) is 0.785. The first-order valence-electron chi connectivity index (χ1n) is 8.11. The molecule has 0 aromatic carbocycles. The average molecular weight is 355 g/mol. The van der Waals surface area contributed by atoms with Gasteiger partial charge in [-0.05, 0) is 19.1 Å². The Morgan fingerprint density at radius 3 is 2.50 bits per heavy atom. The predicted molar refractivity (Wildman–Crippen MR) is 91.7 cm³/mol. The second-order valence-corrected chi connectivity index (χ2v) is 8.14. The molecule has 134 valence electrons. The number of aliphatic carboxylic acids is 1. The zero-order chi connectivity index (χ0) is 18.1. The van der Waals surface area contributed by atoms with Crippen LogP contribution >= 0.6 is 11.8 Å². The molecule has 24 heavy (non-hydrogen) atoms. The van der Waals surface area contributed by atoms with Gasteiger partial charge in [0.25, 0.3) is 5.91 Å². The van der Waals surface area contributed by atoms with Crippen LogP contribution in [0.2, 0.25) is 0 Å². The lowest BCUT2D eigenvalue weighted by atomic mass is 9.84. The number of rotatable bonds is 6. The number of carbonyl (C=O) groups is 3. The number of ether oxygens (including phenoxy) is 1. The SMILES string of the molecule is CS[C@H]1C(C(=O)C(C)(C)C)=C(CC(=O)O)C(=O)N1C[C@@H]1CCCO1. The maximum Gasteiger partial charge on any atom is 0.308 e. The van der Waals surface area contributed by atoms with E-state index >= 15 is 0 Å². The van der Waals surface area contributed by atoms with Gasteiger partial charge in [0.2, 0.25) is 0 Å². The lowest BCUT2D eigenvalue weighted by Crippen LogP contribution is -2.41. The minimum atomic E-state index is -1.10. The normalized spacial score (nSPS) is 24.8. The van der Waals surface area contributed by atoms with Crippen molar-refractivity contribution in [1.82, 2.24) is 4.90 Å². The lowest BCUT2D eigenvalue weighted by Gasteiger charge is -2.29. The van der Waals surface area contributed by atoms with Crippen LogP contribution in [-0.4, -0.2) is 58.6 Å². The molecular formula is C17H25NO5S. The van der Waals surface area contributed by atoms with Gasteiger partial charge >= 0.3 is 5.97 Å². The summed E-state index contributed by atoms with van der Waals surface area (Å²) in [4.78, 5) is 38.5. The second kappa shape index (κ2) is 7.27. The van der Waals surface area contributed by atoms with Gasteiger partial charge in [0.15, 0.2) is 5.78 Å². The van der Waals surface area contributed by atoms with Gasteiger partial charge in [-0.25, -0.2) is 0 Å². The van der Waals surface area contributed by atoms with Gasteiger partial charge in [-0.2, -0.15) is 0 Å². The smallest absolute Gasteiger partial charge is 0.308 e. The summed E-state index contributed by atoms with van der Waals surface area (Å²) in [5.41, 5.74) is -0.201. The molecule has 1 saturated heterocycles. The van der Waals surface area contributed by atoms with Crippen LogP contribution in [0.1, 0.15) is 40.0 Å². The maximum atomic E-state index is 12.9. The van der Waals surface area contributed by atoms with Crippen molar-refractivity contribution in [3.8, 4) is 0 Å². The molecule has 1 N–H and O–H groups in total. The van der Waals surface area contributed by atoms with Crippen molar-refractivity contribution in [3.05, 3.63) is 11.1 Å². The number of Topliss-reactive ketones (excluding diaryl/α,β-unsaturated/α-hetero) is 1. The Kier molecular flexibility index (Phi) is 5.75. The summed E-state index contributed by atoms with van der Waals surface area (Å²) in [7, 11) is 0. The van der Waals surface area contributed by atoms with Gasteiger partial charge in [-0.3, -0.25) is 14.4 Å². The molecule has 0 unspecified atom stereocenters. The summed E-state index contributed by atoms with van der Waals surface area (Å²) >= 11 is 1.39. The third-order valence-corrected chi connectivity index (χ3v) is 5.21. The number of amides is 1. The monoisotopic (exact) mass is 355 g/mol. The molecule has 2 aliphatic rings. The summed E-state index contributed by atoms with van der Waals surface area (Å²) in [5, 5.41) is 8.73. The number of nitrogens with zero attached hydrogens (tertiary/aromatic N) is 1. The maximum absolute atomic E-state index is 12.9. The minimum Gasteiger partial charge on any atom is -0.481 e. The number of carboxylic acids is 1. The molecule has 1 amide bonds. The number of hydrogen-bond donors (Lipinski definition) is 1. The van der Waals surface area contributed by atoms with Crippen LogP contribution in [0.5, 0.6) is 0 Å². The van der Waals surface area contributed by atoms with Gasteiger partial charge in [0.05, 0.1) is 12.5 Å². The molecular weight excluding hydrogens is 330 g/mol. The number of carboxylic acid groups (broad SMARTS) is 1. The Bertz CT molecular complexity index is 572. The Balaban J connectivity index is 2.38. The summed E-state index contributed by atoms with van der Waals surface area (Å²) in [6.45, 7) is 6.43. The third-order valence-electron chi connectivity index (χ3n) is 4.28. The zero-order valence-electron chi connectivity index (χ0n) is 14.6. The van der Waals surface area contributed by atoms with Gasteiger partial charge in [-0.15, -0.1) is 11.8 Å². The standard InChI is InChI=1S/C17H25NO5S/c1-17(2,3)14(21)13-11(8-12(19)20)15(22)18(16(13)24-4)9-10-6-5-7-23-10/h10,16H,5-9H2,1-4H3,(H,19,20)/t10-,16-/m0/s1. The van der Waals surface area contributed by atoms with Gasteiger partial charge in [0.1, 0.15) is 5.37 Å². The molecule has 7 heteroatoms. The number of ketones is 1. The van der Waals surface area contributed by atoms with Gasteiger partial charge in [-0.1, -0.05) is 20.8 Å². The van der Waals surface area contributed by atoms with Crippen molar-refractivity contribution >= 4 is 29.4 Å². The molecule has 2 aliphatic heterocycles. The first kappa shape index (κ1) is 19.0. The van der Waals surface area contributed by atoms with Crippen molar-refractivity contribution in [1.29, 1.82) is 0 Å². The zero-order valence-corrected chi connectivity index (χ0v) is 15.4. The van der Waals surface area contributed by atoms with E-state index in [1.807, 2.05) is 6.26 Å². The molecule has 0 radical (unpaired) electrons. The van der Waals surface area contributed by atoms with Gasteiger partial charge in [0, 0.05) is 29.7 Å². The van der Waals surface area contributed by atoms with Crippen LogP contribution in [0.15, 0.2) is 11.1 Å². The average Bonchev–Trinajstić information content (AvgIpc) is 3.07. The topological polar surface area (TPSA) is 83.9 Å². The van der Waals surface area contributed by atoms with Crippen molar-refractivity contribution < 1.29 is 24.2 Å². The lowest BCUT2D eigenvalue weighted by molar-refractivity contribution is -0.137. The van der Waals surface area contributed by atoms with Crippen molar-refractivity contribution in [2.24, 2.45) is 5.41 Å². The minimum absolute atomic E-state index is 0.0428. The van der Waals surface area contributed by atoms with Crippen molar-refractivity contribution in [3.63, 3.8) is 0 Å². The van der Waals surface area contributed by atoms with E-state index in [0.717, 1.165) is 12.8 Å². The fraction of sp³-hybridized carbons (Fsp3) is 0.706. The van der Waals surface area contributed by atoms with E-state index in [9.17, 15) is 19.5 Å². The highest BCUT2D eigenvalue weighted by atomic mass is 32.2. The van der Waals surface area contributed by atoms with E-state index in [0.29, 0.717) is 18.7 Å². The Morgan fingerprint density at radius 1 is 1.38 bits per heavy atom. The molecule has 0 spiro atoms. The Labute approximate surface area is 146 Å². The highest BCUT2D eigenvalue weighted by Gasteiger charge is 2.45. The molecule has 6 nitrogen and oxygen atoms in total. The first-order chi connectivity index (χ1) is 11.2. The second-order valence-electron chi connectivity index (χ2n) is 7.22. The van der Waals surface area contributed by atoms with Crippen LogP contribution in [-0.2, 0) is 19.1 Å². The van der Waals surface area contributed by atoms with Crippen LogP contribution in [0.25, 0.3) is 0 Å². The van der Waals surface area contributed by atoms with Crippen LogP contribution in [0, 0.1) is 5.41 Å². The van der Waals surface area contributed by atoms with Gasteiger partial charge < -0.3 is 14.7 Å². The summed E-state index contributed by atoms with van der Waals surface area (Å²) in [5.74, 6) is -1.61. The van der Waals surface area contributed by atoms with E-state index in [1.165, 1.54) is 11.8 Å². The van der Waals surface area contributed by atoms with Crippen LogP contribution in [0.3, 0.4) is 0 Å². The molecule has 2 atom stereocenters. The molecule has 1 fully saturated rings. The van der Waals surface area contributed by atoms with E-state index in [4.69, 9.17) is 4.74 Å². The molecule has 0 saturated carbocycles. The largest absolute Gasteiger partial charge is 0.481 e. The molecule has 0 bridgehead atoms. The third kappa shape index (κ3) is 3.83. The van der Waals surface area contributed by atoms with E-state index in [1.54, 1.807) is 25.7 Å². The molecule has 2 heterocycles. The highest BCUT2D eigenvalue weighted by Crippen LogP contribution is 2.38. The number of hydrogen-bond acceptors (Lipinski definition) is 5. The molecule has 0 aliphatic carbocycles. The summed E-state index contributed by atoms with van der Waals surface area (Å²) < 4.78 is 5.61. The van der Waals surface area contributed by atoms with E-state index in [-0.39, 0.29) is 23.4 Å². The molecule has 2 rings (SSSR count). The molecule has 0 aromatic heterocycles. The van der Waals surface area contributed by atoms with E-state index < -0.39 is 23.2 Å². The Hall–Kier alpha value is -1.34. The first-order valence-corrected chi connectivity index (χ1v) is 9.40. The summed E-state index contributed by atoms with van der Waals surface area (Å²) in [6, 6.07) is 0.